The normalized spacial score (nSPS) is 16.9. The van der Waals surface area contributed by atoms with Gasteiger partial charge in [0, 0.05) is 6.04 Å². The summed E-state index contributed by atoms with van der Waals surface area (Å²) in [4.78, 5) is 11.5. The van der Waals surface area contributed by atoms with Crippen molar-refractivity contribution in [3.8, 4) is 0 Å². The van der Waals surface area contributed by atoms with Crippen LogP contribution in [0, 0.1) is 11.7 Å². The molecule has 3 nitrogen and oxygen atoms in total. The first-order valence-corrected chi connectivity index (χ1v) is 7.17. The molecule has 1 saturated carbocycles. The van der Waals surface area contributed by atoms with Crippen LogP contribution in [0.15, 0.2) is 24.3 Å². The van der Waals surface area contributed by atoms with Gasteiger partial charge in [0.05, 0.1) is 6.54 Å². The summed E-state index contributed by atoms with van der Waals surface area (Å²) >= 11 is 0. The zero-order valence-electron chi connectivity index (χ0n) is 11.9. The van der Waals surface area contributed by atoms with Crippen molar-refractivity contribution in [3.05, 3.63) is 35.6 Å². The molecule has 1 aromatic rings. The number of carbonyl (C=O) groups excluding carboxylic acids is 1. The molecular weight excluding hydrogens is 300 g/mol. The van der Waals surface area contributed by atoms with Crippen molar-refractivity contribution < 1.29 is 22.4 Å². The van der Waals surface area contributed by atoms with Gasteiger partial charge in [0.1, 0.15) is 12.4 Å². The van der Waals surface area contributed by atoms with Crippen molar-refractivity contribution in [2.45, 2.75) is 31.5 Å². The quantitative estimate of drug-likeness (QED) is 0.792. The van der Waals surface area contributed by atoms with Gasteiger partial charge < -0.3 is 10.6 Å². The van der Waals surface area contributed by atoms with Crippen LogP contribution in [0.25, 0.3) is 0 Å². The van der Waals surface area contributed by atoms with E-state index in [-0.39, 0.29) is 18.4 Å². The second-order valence-electron chi connectivity index (χ2n) is 5.49. The lowest BCUT2D eigenvalue weighted by atomic mass is 9.77. The molecule has 1 atom stereocenters. The van der Waals surface area contributed by atoms with E-state index in [0.717, 1.165) is 24.8 Å². The minimum absolute atomic E-state index is 0.147. The Morgan fingerprint density at radius 1 is 1.23 bits per heavy atom. The molecule has 0 spiro atoms. The molecule has 1 amide bonds. The largest absolute Gasteiger partial charge is 0.405 e. The molecule has 122 valence electrons. The molecule has 22 heavy (non-hydrogen) atoms. The number of hydrogen-bond acceptors (Lipinski definition) is 2. The van der Waals surface area contributed by atoms with Crippen molar-refractivity contribution in [2.75, 3.05) is 13.1 Å². The standard InChI is InChI=1S/C15H18F4N2O/c16-12-6-4-11(5-7-12)14(10-2-1-3-10)20-8-13(22)21-9-15(17,18)19/h4-7,10,14,20H,1-3,8-9H2,(H,21,22). The van der Waals surface area contributed by atoms with Crippen LogP contribution in [-0.2, 0) is 4.79 Å². The van der Waals surface area contributed by atoms with Crippen LogP contribution in [0.3, 0.4) is 0 Å². The van der Waals surface area contributed by atoms with E-state index in [9.17, 15) is 22.4 Å². The number of carbonyl (C=O) groups is 1. The van der Waals surface area contributed by atoms with Crippen molar-refractivity contribution >= 4 is 5.91 Å². The van der Waals surface area contributed by atoms with E-state index in [1.807, 2.05) is 5.32 Å². The number of alkyl halides is 3. The Kier molecular flexibility index (Phi) is 5.39. The number of benzene rings is 1. The van der Waals surface area contributed by atoms with Gasteiger partial charge in [-0.2, -0.15) is 13.2 Å². The molecule has 0 bridgehead atoms. The van der Waals surface area contributed by atoms with Crippen LogP contribution in [0.1, 0.15) is 30.9 Å². The molecule has 7 heteroatoms. The Morgan fingerprint density at radius 3 is 2.36 bits per heavy atom. The maximum Gasteiger partial charge on any atom is 0.405 e. The van der Waals surface area contributed by atoms with Gasteiger partial charge in [0.15, 0.2) is 0 Å². The molecule has 1 aromatic carbocycles. The van der Waals surface area contributed by atoms with E-state index in [0.29, 0.717) is 5.92 Å². The minimum atomic E-state index is -4.42. The van der Waals surface area contributed by atoms with Crippen LogP contribution in [0.4, 0.5) is 17.6 Å². The van der Waals surface area contributed by atoms with Gasteiger partial charge in [-0.15, -0.1) is 0 Å². The molecule has 2 rings (SSSR count). The molecule has 1 aliphatic carbocycles. The van der Waals surface area contributed by atoms with E-state index < -0.39 is 18.6 Å². The lowest BCUT2D eigenvalue weighted by Gasteiger charge is -2.34. The number of amides is 1. The molecule has 1 fully saturated rings. The Bertz CT molecular complexity index is 497. The fourth-order valence-corrected chi connectivity index (χ4v) is 2.46. The average Bonchev–Trinajstić information content (AvgIpc) is 2.39. The Labute approximate surface area is 126 Å². The van der Waals surface area contributed by atoms with Crippen LogP contribution in [0.5, 0.6) is 0 Å². The fourth-order valence-electron chi connectivity index (χ4n) is 2.46. The monoisotopic (exact) mass is 318 g/mol. The predicted octanol–water partition coefficient (Wildman–Crippen LogP) is 2.94. The molecule has 2 N–H and O–H groups in total. The SMILES string of the molecule is O=C(CNC(c1ccc(F)cc1)C1CCC1)NCC(F)(F)F. The number of hydrogen-bond donors (Lipinski definition) is 2. The summed E-state index contributed by atoms with van der Waals surface area (Å²) in [7, 11) is 0. The lowest BCUT2D eigenvalue weighted by molar-refractivity contribution is -0.138. The number of rotatable bonds is 6. The summed E-state index contributed by atoms with van der Waals surface area (Å²) in [6, 6.07) is 5.81. The third-order valence-electron chi connectivity index (χ3n) is 3.82. The predicted molar refractivity (Wildman–Crippen MR) is 73.5 cm³/mol. The third kappa shape index (κ3) is 4.98. The van der Waals surface area contributed by atoms with Gasteiger partial charge in [0.25, 0.3) is 0 Å². The summed E-state index contributed by atoms with van der Waals surface area (Å²) in [6.07, 6.45) is -1.36. The summed E-state index contributed by atoms with van der Waals surface area (Å²) in [5.41, 5.74) is 0.842. The first-order valence-electron chi connectivity index (χ1n) is 7.17. The second kappa shape index (κ2) is 7.09. The van der Waals surface area contributed by atoms with Crippen molar-refractivity contribution in [1.82, 2.24) is 10.6 Å². The topological polar surface area (TPSA) is 41.1 Å². The number of nitrogens with one attached hydrogen (secondary N) is 2. The Hall–Kier alpha value is -1.63. The minimum Gasteiger partial charge on any atom is -0.346 e. The molecule has 0 aromatic heterocycles. The van der Waals surface area contributed by atoms with E-state index in [1.165, 1.54) is 12.1 Å². The van der Waals surface area contributed by atoms with Gasteiger partial charge in [-0.05, 0) is 36.5 Å². The number of halogens is 4. The molecule has 0 radical (unpaired) electrons. The van der Waals surface area contributed by atoms with Crippen LogP contribution in [-0.4, -0.2) is 25.2 Å². The average molecular weight is 318 g/mol. The summed E-state index contributed by atoms with van der Waals surface area (Å²) in [5.74, 6) is -0.733. The zero-order chi connectivity index (χ0) is 16.2. The van der Waals surface area contributed by atoms with Gasteiger partial charge in [-0.1, -0.05) is 18.6 Å². The van der Waals surface area contributed by atoms with Crippen LogP contribution < -0.4 is 10.6 Å². The van der Waals surface area contributed by atoms with Crippen LogP contribution in [0.2, 0.25) is 0 Å². The van der Waals surface area contributed by atoms with Crippen molar-refractivity contribution in [1.29, 1.82) is 0 Å². The van der Waals surface area contributed by atoms with E-state index >= 15 is 0 Å². The maximum absolute atomic E-state index is 13.0. The summed E-state index contributed by atoms with van der Waals surface area (Å²) in [6.45, 7) is -1.53. The first kappa shape index (κ1) is 16.7. The molecule has 1 unspecified atom stereocenters. The van der Waals surface area contributed by atoms with Gasteiger partial charge in [0.2, 0.25) is 5.91 Å². The second-order valence-corrected chi connectivity index (χ2v) is 5.49. The van der Waals surface area contributed by atoms with Crippen LogP contribution >= 0.6 is 0 Å². The van der Waals surface area contributed by atoms with Crippen molar-refractivity contribution in [3.63, 3.8) is 0 Å². The molecule has 0 saturated heterocycles. The molecule has 0 heterocycles. The third-order valence-corrected chi connectivity index (χ3v) is 3.82. The summed E-state index contributed by atoms with van der Waals surface area (Å²) in [5, 5.41) is 4.82. The highest BCUT2D eigenvalue weighted by molar-refractivity contribution is 5.78. The Morgan fingerprint density at radius 2 is 1.86 bits per heavy atom. The molecule has 0 aliphatic heterocycles. The maximum atomic E-state index is 13.0. The van der Waals surface area contributed by atoms with Gasteiger partial charge in [-0.3, -0.25) is 4.79 Å². The zero-order valence-corrected chi connectivity index (χ0v) is 11.9. The smallest absolute Gasteiger partial charge is 0.346 e. The van der Waals surface area contributed by atoms with Crippen molar-refractivity contribution in [2.24, 2.45) is 5.92 Å². The van der Waals surface area contributed by atoms with Gasteiger partial charge >= 0.3 is 6.18 Å². The van der Waals surface area contributed by atoms with E-state index in [1.54, 1.807) is 12.1 Å². The lowest BCUT2D eigenvalue weighted by Crippen LogP contribution is -2.42. The van der Waals surface area contributed by atoms with E-state index in [2.05, 4.69) is 5.32 Å². The van der Waals surface area contributed by atoms with Gasteiger partial charge in [-0.25, -0.2) is 4.39 Å². The fraction of sp³-hybridized carbons (Fsp3) is 0.533. The highest BCUT2D eigenvalue weighted by atomic mass is 19.4. The van der Waals surface area contributed by atoms with E-state index in [4.69, 9.17) is 0 Å². The molecule has 1 aliphatic rings. The first-order chi connectivity index (χ1) is 10.3. The Balaban J connectivity index is 1.90. The highest BCUT2D eigenvalue weighted by Gasteiger charge is 2.30. The molecular formula is C15H18F4N2O. The highest BCUT2D eigenvalue weighted by Crippen LogP contribution is 2.37. The summed E-state index contributed by atoms with van der Waals surface area (Å²) < 4.78 is 49.1.